The van der Waals surface area contributed by atoms with E-state index in [1.54, 1.807) is 24.3 Å². The summed E-state index contributed by atoms with van der Waals surface area (Å²) in [4.78, 5) is 38.4. The Morgan fingerprint density at radius 1 is 1.12 bits per heavy atom. The molecule has 2 amide bonds. The summed E-state index contributed by atoms with van der Waals surface area (Å²) >= 11 is 5.97. The maximum atomic E-state index is 13.8. The number of halogens is 2. The van der Waals surface area contributed by atoms with Crippen molar-refractivity contribution in [2.45, 2.75) is 25.3 Å². The average molecular weight is 455 g/mol. The molecule has 0 radical (unpaired) electrons. The number of hydrogen-bond donors (Lipinski definition) is 2. The van der Waals surface area contributed by atoms with Gasteiger partial charge in [0.2, 0.25) is 5.91 Å². The first-order valence-corrected chi connectivity index (χ1v) is 10.5. The van der Waals surface area contributed by atoms with Crippen molar-refractivity contribution in [1.82, 2.24) is 20.4 Å². The van der Waals surface area contributed by atoms with Crippen LogP contribution < -0.4 is 16.2 Å². The van der Waals surface area contributed by atoms with Gasteiger partial charge in [-0.05, 0) is 55.7 Å². The Morgan fingerprint density at radius 2 is 1.91 bits per heavy atom. The standard InChI is InChI=1S/C23H20ClFN4O3/c24-15-9-7-14(8-10-15)20-13-18(21(30)27-19-6-1-2-11-26-22(19)31)23(32)29(28-20)17-5-3-4-16(25)12-17/h3-5,7-10,12-13,19H,1-2,6,11H2,(H,26,31)(H,27,30). The Hall–Kier alpha value is -3.52. The minimum absolute atomic E-state index is 0.173. The summed E-state index contributed by atoms with van der Waals surface area (Å²) in [5.74, 6) is -1.53. The number of aromatic nitrogens is 2. The van der Waals surface area contributed by atoms with Gasteiger partial charge in [0.1, 0.15) is 17.4 Å². The minimum Gasteiger partial charge on any atom is -0.354 e. The third kappa shape index (κ3) is 4.70. The minimum atomic E-state index is -0.737. The molecular weight excluding hydrogens is 435 g/mol. The molecule has 0 aliphatic carbocycles. The predicted octanol–water partition coefficient (Wildman–Crippen LogP) is 3.09. The highest BCUT2D eigenvalue weighted by Gasteiger charge is 2.25. The zero-order valence-corrected chi connectivity index (χ0v) is 17.7. The second-order valence-electron chi connectivity index (χ2n) is 7.46. The molecule has 0 bridgehead atoms. The second-order valence-corrected chi connectivity index (χ2v) is 7.90. The van der Waals surface area contributed by atoms with Crippen molar-refractivity contribution in [2.24, 2.45) is 0 Å². The average Bonchev–Trinajstić information content (AvgIpc) is 2.98. The van der Waals surface area contributed by atoms with Crippen LogP contribution >= 0.6 is 11.6 Å². The smallest absolute Gasteiger partial charge is 0.284 e. The van der Waals surface area contributed by atoms with Gasteiger partial charge in [-0.25, -0.2) is 4.39 Å². The van der Waals surface area contributed by atoms with Crippen LogP contribution in [0.2, 0.25) is 5.02 Å². The summed E-state index contributed by atoms with van der Waals surface area (Å²) in [6.45, 7) is 0.549. The zero-order valence-electron chi connectivity index (χ0n) is 17.0. The molecule has 3 aromatic rings. The largest absolute Gasteiger partial charge is 0.354 e. The number of amides is 2. The van der Waals surface area contributed by atoms with Crippen molar-refractivity contribution in [3.63, 3.8) is 0 Å². The molecule has 1 aliphatic rings. The van der Waals surface area contributed by atoms with Crippen molar-refractivity contribution < 1.29 is 14.0 Å². The first-order valence-electron chi connectivity index (χ1n) is 10.2. The fourth-order valence-electron chi connectivity index (χ4n) is 3.51. The van der Waals surface area contributed by atoms with Crippen LogP contribution in [0.15, 0.2) is 59.4 Å². The topological polar surface area (TPSA) is 93.1 Å². The zero-order chi connectivity index (χ0) is 22.7. The van der Waals surface area contributed by atoms with Crippen LogP contribution in [0.25, 0.3) is 16.9 Å². The molecule has 1 saturated heterocycles. The molecule has 1 aromatic heterocycles. The predicted molar refractivity (Wildman–Crippen MR) is 118 cm³/mol. The highest BCUT2D eigenvalue weighted by atomic mass is 35.5. The summed E-state index contributed by atoms with van der Waals surface area (Å²) in [5, 5.41) is 10.3. The molecular formula is C23H20ClFN4O3. The summed E-state index contributed by atoms with van der Waals surface area (Å²) in [7, 11) is 0. The van der Waals surface area contributed by atoms with Gasteiger partial charge in [0.25, 0.3) is 11.5 Å². The van der Waals surface area contributed by atoms with Crippen LogP contribution in [-0.4, -0.2) is 34.2 Å². The van der Waals surface area contributed by atoms with Crippen LogP contribution in [0.4, 0.5) is 4.39 Å². The van der Waals surface area contributed by atoms with Crippen molar-refractivity contribution in [3.05, 3.63) is 81.4 Å². The molecule has 1 atom stereocenters. The van der Waals surface area contributed by atoms with E-state index in [9.17, 15) is 18.8 Å². The van der Waals surface area contributed by atoms with Crippen LogP contribution in [-0.2, 0) is 4.79 Å². The van der Waals surface area contributed by atoms with Gasteiger partial charge in [-0.15, -0.1) is 0 Å². The van der Waals surface area contributed by atoms with Crippen molar-refractivity contribution in [2.75, 3.05) is 6.54 Å². The van der Waals surface area contributed by atoms with Gasteiger partial charge >= 0.3 is 0 Å². The molecule has 32 heavy (non-hydrogen) atoms. The summed E-state index contributed by atoms with van der Waals surface area (Å²) in [5.41, 5.74) is 0.181. The van der Waals surface area contributed by atoms with E-state index in [1.807, 2.05) is 0 Å². The number of nitrogens with zero attached hydrogens (tertiary/aromatic N) is 2. The Bertz CT molecular complexity index is 1230. The van der Waals surface area contributed by atoms with E-state index < -0.39 is 23.3 Å². The number of carbonyl (C=O) groups excluding carboxylic acids is 2. The first kappa shape index (κ1) is 21.7. The quantitative estimate of drug-likeness (QED) is 0.633. The molecule has 2 N–H and O–H groups in total. The fraction of sp³-hybridized carbons (Fsp3) is 0.217. The molecule has 0 spiro atoms. The fourth-order valence-corrected chi connectivity index (χ4v) is 3.64. The molecule has 1 aliphatic heterocycles. The van der Waals surface area contributed by atoms with Crippen molar-refractivity contribution in [1.29, 1.82) is 0 Å². The lowest BCUT2D eigenvalue weighted by Gasteiger charge is -2.16. The van der Waals surface area contributed by atoms with Crippen molar-refractivity contribution >= 4 is 23.4 Å². The maximum absolute atomic E-state index is 13.8. The van der Waals surface area contributed by atoms with Crippen LogP contribution in [0, 0.1) is 5.82 Å². The summed E-state index contributed by atoms with van der Waals surface area (Å²) in [6.07, 6.45) is 2.06. The van der Waals surface area contributed by atoms with E-state index in [1.165, 1.54) is 24.3 Å². The molecule has 4 rings (SSSR count). The van der Waals surface area contributed by atoms with Gasteiger partial charge in [-0.3, -0.25) is 14.4 Å². The number of nitrogens with one attached hydrogen (secondary N) is 2. The van der Waals surface area contributed by atoms with E-state index in [2.05, 4.69) is 15.7 Å². The molecule has 164 valence electrons. The normalized spacial score (nSPS) is 16.2. The van der Waals surface area contributed by atoms with Gasteiger partial charge in [0, 0.05) is 17.1 Å². The molecule has 9 heteroatoms. The Balaban J connectivity index is 1.79. The summed E-state index contributed by atoms with van der Waals surface area (Å²) in [6, 6.07) is 12.7. The number of rotatable bonds is 4. The lowest BCUT2D eigenvalue weighted by atomic mass is 10.1. The first-order chi connectivity index (χ1) is 15.4. The van der Waals surface area contributed by atoms with Gasteiger partial charge in [-0.1, -0.05) is 29.8 Å². The van der Waals surface area contributed by atoms with Crippen LogP contribution in [0.3, 0.4) is 0 Å². The highest BCUT2D eigenvalue weighted by Crippen LogP contribution is 2.21. The SMILES string of the molecule is O=C(NC1CCCCNC1=O)c1cc(-c2ccc(Cl)cc2)nn(-c2cccc(F)c2)c1=O. The maximum Gasteiger partial charge on any atom is 0.284 e. The van der Waals surface area contributed by atoms with Crippen molar-refractivity contribution in [3.8, 4) is 16.9 Å². The van der Waals surface area contributed by atoms with E-state index in [0.29, 0.717) is 29.2 Å². The highest BCUT2D eigenvalue weighted by molar-refractivity contribution is 6.30. The molecule has 1 unspecified atom stereocenters. The van der Waals surface area contributed by atoms with E-state index in [-0.39, 0.29) is 17.2 Å². The van der Waals surface area contributed by atoms with E-state index >= 15 is 0 Å². The second kappa shape index (κ2) is 9.32. The Morgan fingerprint density at radius 3 is 2.66 bits per heavy atom. The Kier molecular flexibility index (Phi) is 6.32. The van der Waals surface area contributed by atoms with Gasteiger partial charge in [0.05, 0.1) is 11.4 Å². The number of carbonyl (C=O) groups is 2. The van der Waals surface area contributed by atoms with Crippen LogP contribution in [0.1, 0.15) is 29.6 Å². The summed E-state index contributed by atoms with van der Waals surface area (Å²) < 4.78 is 14.8. The third-order valence-corrected chi connectivity index (χ3v) is 5.44. The van der Waals surface area contributed by atoms with Gasteiger partial charge in [0.15, 0.2) is 0 Å². The Labute approximate surface area is 188 Å². The third-order valence-electron chi connectivity index (χ3n) is 5.19. The lowest BCUT2D eigenvalue weighted by Crippen LogP contribution is -2.47. The van der Waals surface area contributed by atoms with E-state index in [4.69, 9.17) is 11.6 Å². The van der Waals surface area contributed by atoms with Crippen LogP contribution in [0.5, 0.6) is 0 Å². The molecule has 2 heterocycles. The monoisotopic (exact) mass is 454 g/mol. The van der Waals surface area contributed by atoms with E-state index in [0.717, 1.165) is 23.6 Å². The number of hydrogen-bond acceptors (Lipinski definition) is 4. The van der Waals surface area contributed by atoms with Gasteiger partial charge in [-0.2, -0.15) is 9.78 Å². The van der Waals surface area contributed by atoms with Gasteiger partial charge < -0.3 is 10.6 Å². The number of benzene rings is 2. The molecule has 0 saturated carbocycles. The molecule has 1 fully saturated rings. The molecule has 7 nitrogen and oxygen atoms in total. The molecule has 2 aromatic carbocycles. The lowest BCUT2D eigenvalue weighted by molar-refractivity contribution is -0.122.